The first-order chi connectivity index (χ1) is 14.8. The number of rotatable bonds is 5. The second-order valence-corrected chi connectivity index (χ2v) is 9.12. The number of nitrogens with zero attached hydrogens (tertiary/aromatic N) is 3. The van der Waals surface area contributed by atoms with Crippen molar-refractivity contribution in [3.63, 3.8) is 0 Å². The summed E-state index contributed by atoms with van der Waals surface area (Å²) in [5.41, 5.74) is 3.36. The van der Waals surface area contributed by atoms with Crippen LogP contribution < -0.4 is 10.3 Å². The Hall–Kier alpha value is -2.85. The molecule has 2 aromatic carbocycles. The van der Waals surface area contributed by atoms with Crippen LogP contribution in [0.4, 0.5) is 19.6 Å². The normalized spacial score (nSPS) is 14.3. The van der Waals surface area contributed by atoms with Crippen molar-refractivity contribution in [1.29, 1.82) is 0 Å². The van der Waals surface area contributed by atoms with Crippen molar-refractivity contribution in [2.45, 2.75) is 37.3 Å². The summed E-state index contributed by atoms with van der Waals surface area (Å²) in [6.07, 6.45) is 0.403. The molecule has 4 rings (SSSR count). The molecule has 1 aliphatic heterocycles. The zero-order valence-corrected chi connectivity index (χ0v) is 18.3. The number of hydrogen-bond acceptors (Lipinski definition) is 6. The summed E-state index contributed by atoms with van der Waals surface area (Å²) < 4.78 is 25.9. The van der Waals surface area contributed by atoms with Gasteiger partial charge in [-0.3, -0.25) is 14.9 Å². The van der Waals surface area contributed by atoms with E-state index in [0.29, 0.717) is 37.7 Å². The Morgan fingerprint density at radius 2 is 2.00 bits per heavy atom. The lowest BCUT2D eigenvalue weighted by Crippen LogP contribution is -2.36. The molecule has 1 aromatic heterocycles. The van der Waals surface area contributed by atoms with Gasteiger partial charge in [0.15, 0.2) is 5.13 Å². The standard InChI is InChI=1S/C21H18F2N4O2S2/c1-11-3-4-12(2)16(9-11)27-18(28)8-7-15(26-27)19(29)25-21-24-14-6-5-13(30-20(22)23)10-17(14)31-21/h3-6,9-10,20H,7-8H2,1-2H3,(H,24,25,29). The van der Waals surface area contributed by atoms with Gasteiger partial charge in [-0.15, -0.1) is 0 Å². The Balaban J connectivity index is 1.56. The SMILES string of the molecule is Cc1ccc(C)c(N2N=C(C(=O)Nc3nc4ccc(SC(F)F)cc4s3)CCC2=O)c1. The van der Waals surface area contributed by atoms with Crippen LogP contribution in [0.5, 0.6) is 0 Å². The molecule has 2 heterocycles. The van der Waals surface area contributed by atoms with Crippen molar-refractivity contribution in [3.05, 3.63) is 47.5 Å². The zero-order chi connectivity index (χ0) is 22.1. The van der Waals surface area contributed by atoms with Crippen LogP contribution in [0.1, 0.15) is 24.0 Å². The van der Waals surface area contributed by atoms with Gasteiger partial charge in [-0.1, -0.05) is 35.2 Å². The molecule has 3 aromatic rings. The number of anilines is 2. The molecule has 0 atom stereocenters. The maximum atomic E-state index is 12.8. The average molecular weight is 461 g/mol. The number of fused-ring (bicyclic) bond motifs is 1. The summed E-state index contributed by atoms with van der Waals surface area (Å²) in [6.45, 7) is 3.81. The molecule has 1 N–H and O–H groups in total. The largest absolute Gasteiger partial charge is 0.297 e. The van der Waals surface area contributed by atoms with E-state index >= 15 is 0 Å². The molecule has 2 amide bonds. The minimum Gasteiger partial charge on any atom is -0.297 e. The number of halogens is 2. The fourth-order valence-electron chi connectivity index (χ4n) is 3.16. The van der Waals surface area contributed by atoms with Gasteiger partial charge in [0.2, 0.25) is 5.91 Å². The molecule has 0 saturated heterocycles. The van der Waals surface area contributed by atoms with Crippen LogP contribution in [0.3, 0.4) is 0 Å². The summed E-state index contributed by atoms with van der Waals surface area (Å²) >= 11 is 1.66. The highest BCUT2D eigenvalue weighted by molar-refractivity contribution is 7.99. The Morgan fingerprint density at radius 1 is 1.19 bits per heavy atom. The minimum atomic E-state index is -2.50. The van der Waals surface area contributed by atoms with E-state index < -0.39 is 11.7 Å². The highest BCUT2D eigenvalue weighted by atomic mass is 32.2. The van der Waals surface area contributed by atoms with Crippen LogP contribution in [0.2, 0.25) is 0 Å². The number of nitrogens with one attached hydrogen (secondary N) is 1. The Morgan fingerprint density at radius 3 is 2.77 bits per heavy atom. The Bertz CT molecular complexity index is 1210. The molecule has 6 nitrogen and oxygen atoms in total. The monoisotopic (exact) mass is 460 g/mol. The number of alkyl halides is 2. The lowest BCUT2D eigenvalue weighted by atomic mass is 10.1. The summed E-state index contributed by atoms with van der Waals surface area (Å²) in [5.74, 6) is -3.12. The second-order valence-electron chi connectivity index (χ2n) is 7.02. The van der Waals surface area contributed by atoms with Crippen LogP contribution in [0.15, 0.2) is 46.4 Å². The topological polar surface area (TPSA) is 74.7 Å². The number of carbonyl (C=O) groups excluding carboxylic acids is 2. The van der Waals surface area contributed by atoms with Gasteiger partial charge in [0.1, 0.15) is 5.71 Å². The fraction of sp³-hybridized carbons (Fsp3) is 0.238. The van der Waals surface area contributed by atoms with Gasteiger partial charge in [0.05, 0.1) is 15.9 Å². The summed E-state index contributed by atoms with van der Waals surface area (Å²) in [4.78, 5) is 30.0. The second kappa shape index (κ2) is 8.72. The fourth-order valence-corrected chi connectivity index (χ4v) is 4.67. The summed E-state index contributed by atoms with van der Waals surface area (Å²) in [5, 5.41) is 8.66. The Kier molecular flexibility index (Phi) is 6.01. The van der Waals surface area contributed by atoms with Gasteiger partial charge in [0.25, 0.3) is 11.7 Å². The van der Waals surface area contributed by atoms with E-state index in [1.165, 1.54) is 16.3 Å². The number of aromatic nitrogens is 1. The highest BCUT2D eigenvalue weighted by Gasteiger charge is 2.27. The van der Waals surface area contributed by atoms with Crippen molar-refractivity contribution in [2.75, 3.05) is 10.3 Å². The predicted octanol–water partition coefficient (Wildman–Crippen LogP) is 5.35. The van der Waals surface area contributed by atoms with Crippen LogP contribution >= 0.6 is 23.1 Å². The van der Waals surface area contributed by atoms with Gasteiger partial charge in [-0.25, -0.2) is 9.99 Å². The van der Waals surface area contributed by atoms with Gasteiger partial charge in [0, 0.05) is 17.7 Å². The highest BCUT2D eigenvalue weighted by Crippen LogP contribution is 2.32. The van der Waals surface area contributed by atoms with E-state index in [0.717, 1.165) is 11.1 Å². The molecule has 160 valence electrons. The molecular weight excluding hydrogens is 442 g/mol. The van der Waals surface area contributed by atoms with Crippen molar-refractivity contribution >= 4 is 61.7 Å². The zero-order valence-electron chi connectivity index (χ0n) is 16.7. The van der Waals surface area contributed by atoms with Crippen molar-refractivity contribution in [3.8, 4) is 0 Å². The number of aryl methyl sites for hydroxylation is 2. The Labute approximate surface area is 185 Å². The van der Waals surface area contributed by atoms with Crippen molar-refractivity contribution in [1.82, 2.24) is 4.98 Å². The molecule has 0 bridgehead atoms. The number of hydrazone groups is 1. The molecule has 0 unspecified atom stereocenters. The first-order valence-corrected chi connectivity index (χ1v) is 11.1. The maximum Gasteiger partial charge on any atom is 0.288 e. The minimum absolute atomic E-state index is 0.172. The molecule has 0 radical (unpaired) electrons. The number of thiazole rings is 1. The van der Waals surface area contributed by atoms with Crippen LogP contribution in [-0.2, 0) is 9.59 Å². The summed E-state index contributed by atoms with van der Waals surface area (Å²) in [7, 11) is 0. The lowest BCUT2D eigenvalue weighted by molar-refractivity contribution is -0.118. The van der Waals surface area contributed by atoms with E-state index in [-0.39, 0.29) is 24.5 Å². The van der Waals surface area contributed by atoms with Gasteiger partial charge in [-0.2, -0.15) is 13.9 Å². The maximum absolute atomic E-state index is 12.8. The third-order valence-corrected chi connectivity index (χ3v) is 6.33. The first-order valence-electron chi connectivity index (χ1n) is 9.44. The molecule has 0 aliphatic carbocycles. The molecule has 0 saturated carbocycles. The third kappa shape index (κ3) is 4.75. The molecule has 10 heteroatoms. The number of carbonyl (C=O) groups is 2. The predicted molar refractivity (Wildman–Crippen MR) is 120 cm³/mol. The lowest BCUT2D eigenvalue weighted by Gasteiger charge is -2.24. The van der Waals surface area contributed by atoms with E-state index in [4.69, 9.17) is 0 Å². The van der Waals surface area contributed by atoms with Crippen LogP contribution in [-0.4, -0.2) is 28.3 Å². The molecule has 0 fully saturated rings. The molecule has 1 aliphatic rings. The molecule has 31 heavy (non-hydrogen) atoms. The number of amides is 2. The quantitative estimate of drug-likeness (QED) is 0.521. The van der Waals surface area contributed by atoms with Crippen LogP contribution in [0, 0.1) is 13.8 Å². The van der Waals surface area contributed by atoms with E-state index in [1.807, 2.05) is 32.0 Å². The number of hydrogen-bond donors (Lipinski definition) is 1. The number of benzene rings is 2. The van der Waals surface area contributed by atoms with Crippen molar-refractivity contribution in [2.24, 2.45) is 5.10 Å². The van der Waals surface area contributed by atoms with Gasteiger partial charge >= 0.3 is 0 Å². The third-order valence-electron chi connectivity index (χ3n) is 4.69. The van der Waals surface area contributed by atoms with Crippen LogP contribution in [0.25, 0.3) is 10.2 Å². The van der Waals surface area contributed by atoms with E-state index in [9.17, 15) is 18.4 Å². The van der Waals surface area contributed by atoms with Crippen molar-refractivity contribution < 1.29 is 18.4 Å². The average Bonchev–Trinajstić information content (AvgIpc) is 3.11. The first kappa shape index (κ1) is 21.4. The van der Waals surface area contributed by atoms with E-state index in [1.54, 1.807) is 18.2 Å². The van der Waals surface area contributed by atoms with E-state index in [2.05, 4.69) is 15.4 Å². The number of thioether (sulfide) groups is 1. The van der Waals surface area contributed by atoms with Gasteiger partial charge in [-0.05, 0) is 49.2 Å². The summed E-state index contributed by atoms with van der Waals surface area (Å²) in [6, 6.07) is 10.6. The smallest absolute Gasteiger partial charge is 0.288 e. The molecule has 0 spiro atoms. The molecular formula is C21H18F2N4O2S2. The van der Waals surface area contributed by atoms with Gasteiger partial charge < -0.3 is 0 Å².